The Labute approximate surface area is 123 Å². The molecule has 0 atom stereocenters. The van der Waals surface area contributed by atoms with E-state index in [1.54, 1.807) is 24.3 Å². The average Bonchev–Trinajstić information content (AvgIpc) is 2.46. The lowest BCUT2D eigenvalue weighted by molar-refractivity contribution is -0.133. The molecule has 0 saturated carbocycles. The van der Waals surface area contributed by atoms with E-state index in [1.165, 1.54) is 14.0 Å². The normalized spacial score (nSPS) is 9.24. The summed E-state index contributed by atoms with van der Waals surface area (Å²) in [5.41, 5.74) is 1.25. The van der Waals surface area contributed by atoms with E-state index in [4.69, 9.17) is 0 Å². The van der Waals surface area contributed by atoms with E-state index < -0.39 is 5.97 Å². The van der Waals surface area contributed by atoms with Gasteiger partial charge in [0.15, 0.2) is 5.78 Å². The SMILES string of the molecule is COC(=O)C#CCCNC(=O)Cc1ccccc1C(C)=O. The van der Waals surface area contributed by atoms with Crippen molar-refractivity contribution in [1.82, 2.24) is 5.32 Å². The van der Waals surface area contributed by atoms with Gasteiger partial charge < -0.3 is 10.1 Å². The summed E-state index contributed by atoms with van der Waals surface area (Å²) in [6, 6.07) is 7.01. The zero-order valence-corrected chi connectivity index (χ0v) is 12.1. The van der Waals surface area contributed by atoms with Gasteiger partial charge in [0.1, 0.15) is 0 Å². The summed E-state index contributed by atoms with van der Waals surface area (Å²) < 4.78 is 4.36. The van der Waals surface area contributed by atoms with E-state index in [-0.39, 0.29) is 18.1 Å². The van der Waals surface area contributed by atoms with Crippen LogP contribution >= 0.6 is 0 Å². The third-order valence-corrected chi connectivity index (χ3v) is 2.70. The Kier molecular flexibility index (Phi) is 6.69. The number of carbonyl (C=O) groups excluding carboxylic acids is 3. The van der Waals surface area contributed by atoms with E-state index in [2.05, 4.69) is 21.9 Å². The molecule has 0 radical (unpaired) electrons. The van der Waals surface area contributed by atoms with Gasteiger partial charge in [-0.1, -0.05) is 30.2 Å². The highest BCUT2D eigenvalue weighted by Crippen LogP contribution is 2.10. The van der Waals surface area contributed by atoms with Gasteiger partial charge in [0.25, 0.3) is 0 Å². The molecular weight excluding hydrogens is 270 g/mol. The third-order valence-electron chi connectivity index (χ3n) is 2.70. The van der Waals surface area contributed by atoms with Crippen LogP contribution in [0.5, 0.6) is 0 Å². The quantitative estimate of drug-likeness (QED) is 0.289. The summed E-state index contributed by atoms with van der Waals surface area (Å²) in [5, 5.41) is 2.68. The number of ether oxygens (including phenoxy) is 1. The van der Waals surface area contributed by atoms with Gasteiger partial charge in [0.2, 0.25) is 5.91 Å². The number of nitrogens with one attached hydrogen (secondary N) is 1. The molecule has 5 nitrogen and oxygen atoms in total. The van der Waals surface area contributed by atoms with Crippen LogP contribution in [-0.2, 0) is 20.7 Å². The van der Waals surface area contributed by atoms with Gasteiger partial charge in [0, 0.05) is 24.4 Å². The molecule has 0 aliphatic heterocycles. The largest absolute Gasteiger partial charge is 0.459 e. The number of carbonyl (C=O) groups is 3. The number of hydrogen-bond acceptors (Lipinski definition) is 4. The number of amides is 1. The number of methoxy groups -OCH3 is 1. The van der Waals surface area contributed by atoms with Gasteiger partial charge in [-0.3, -0.25) is 9.59 Å². The van der Waals surface area contributed by atoms with Crippen LogP contribution in [0.1, 0.15) is 29.3 Å². The summed E-state index contributed by atoms with van der Waals surface area (Å²) >= 11 is 0. The number of ketones is 1. The molecule has 0 bridgehead atoms. The fourth-order valence-electron chi connectivity index (χ4n) is 1.70. The summed E-state index contributed by atoms with van der Waals surface area (Å²) in [6.45, 7) is 1.81. The van der Waals surface area contributed by atoms with Crippen LogP contribution < -0.4 is 5.32 Å². The van der Waals surface area contributed by atoms with Crippen molar-refractivity contribution in [3.63, 3.8) is 0 Å². The van der Waals surface area contributed by atoms with Gasteiger partial charge in [-0.25, -0.2) is 4.79 Å². The van der Waals surface area contributed by atoms with E-state index in [0.29, 0.717) is 24.1 Å². The monoisotopic (exact) mass is 287 g/mol. The number of benzene rings is 1. The van der Waals surface area contributed by atoms with Gasteiger partial charge in [-0.2, -0.15) is 0 Å². The molecule has 0 unspecified atom stereocenters. The lowest BCUT2D eigenvalue weighted by Gasteiger charge is -2.07. The fraction of sp³-hybridized carbons (Fsp3) is 0.312. The Hall–Kier alpha value is -2.61. The van der Waals surface area contributed by atoms with Gasteiger partial charge in [-0.15, -0.1) is 0 Å². The van der Waals surface area contributed by atoms with E-state index in [1.807, 2.05) is 0 Å². The topological polar surface area (TPSA) is 72.5 Å². The molecule has 0 heterocycles. The lowest BCUT2D eigenvalue weighted by atomic mass is 10.0. The van der Waals surface area contributed by atoms with Crippen molar-refractivity contribution >= 4 is 17.7 Å². The van der Waals surface area contributed by atoms with Crippen LogP contribution in [0.15, 0.2) is 24.3 Å². The molecule has 110 valence electrons. The predicted octanol–water partition coefficient (Wildman–Crippen LogP) is 1.11. The summed E-state index contributed by atoms with van der Waals surface area (Å²) in [6.07, 6.45) is 0.495. The van der Waals surface area contributed by atoms with Crippen molar-refractivity contribution in [2.24, 2.45) is 0 Å². The maximum atomic E-state index is 11.8. The zero-order chi connectivity index (χ0) is 15.7. The van der Waals surface area contributed by atoms with Crippen LogP contribution in [0.4, 0.5) is 0 Å². The first-order valence-corrected chi connectivity index (χ1v) is 6.47. The first kappa shape index (κ1) is 16.4. The Bertz CT molecular complexity index is 596. The smallest absolute Gasteiger partial charge is 0.384 e. The molecule has 1 amide bonds. The summed E-state index contributed by atoms with van der Waals surface area (Å²) in [7, 11) is 1.26. The molecule has 1 aromatic carbocycles. The standard InChI is InChI=1S/C16H17NO4/c1-12(18)14-8-4-3-7-13(14)11-15(19)17-10-6-5-9-16(20)21-2/h3-4,7-8H,6,10-11H2,1-2H3,(H,17,19). The highest BCUT2D eigenvalue weighted by molar-refractivity contribution is 5.96. The van der Waals surface area contributed by atoms with Gasteiger partial charge >= 0.3 is 5.97 Å². The molecule has 1 aromatic rings. The molecular formula is C16H17NO4. The molecule has 0 aliphatic rings. The minimum atomic E-state index is -0.600. The second-order valence-electron chi connectivity index (χ2n) is 4.28. The van der Waals surface area contributed by atoms with Crippen molar-refractivity contribution in [1.29, 1.82) is 0 Å². The summed E-state index contributed by atoms with van der Waals surface area (Å²) in [4.78, 5) is 34.0. The number of hydrogen-bond donors (Lipinski definition) is 1. The van der Waals surface area contributed by atoms with Crippen molar-refractivity contribution < 1.29 is 19.1 Å². The van der Waals surface area contributed by atoms with Crippen molar-refractivity contribution in [2.75, 3.05) is 13.7 Å². The van der Waals surface area contributed by atoms with Crippen molar-refractivity contribution in [3.8, 4) is 11.8 Å². The van der Waals surface area contributed by atoms with Crippen LogP contribution in [-0.4, -0.2) is 31.3 Å². The molecule has 21 heavy (non-hydrogen) atoms. The number of esters is 1. The Morgan fingerprint density at radius 3 is 2.62 bits per heavy atom. The predicted molar refractivity (Wildman–Crippen MR) is 77.6 cm³/mol. The van der Waals surface area contributed by atoms with Crippen LogP contribution in [0.3, 0.4) is 0 Å². The summed E-state index contributed by atoms with van der Waals surface area (Å²) in [5.74, 6) is 4.01. The van der Waals surface area contributed by atoms with E-state index in [0.717, 1.165) is 0 Å². The van der Waals surface area contributed by atoms with Crippen LogP contribution in [0.2, 0.25) is 0 Å². The van der Waals surface area contributed by atoms with Gasteiger partial charge in [-0.05, 0) is 12.5 Å². The highest BCUT2D eigenvalue weighted by atomic mass is 16.5. The Morgan fingerprint density at radius 1 is 1.24 bits per heavy atom. The molecule has 0 fully saturated rings. The third kappa shape index (κ3) is 5.91. The second-order valence-corrected chi connectivity index (χ2v) is 4.28. The first-order valence-electron chi connectivity index (χ1n) is 6.47. The minimum Gasteiger partial charge on any atom is -0.459 e. The van der Waals surface area contributed by atoms with E-state index >= 15 is 0 Å². The molecule has 1 N–H and O–H groups in total. The van der Waals surface area contributed by atoms with Crippen LogP contribution in [0, 0.1) is 11.8 Å². The number of Topliss-reactive ketones (excluding diaryl/α,β-unsaturated/α-hetero) is 1. The van der Waals surface area contributed by atoms with Gasteiger partial charge in [0.05, 0.1) is 13.5 Å². The minimum absolute atomic E-state index is 0.0673. The Morgan fingerprint density at radius 2 is 1.95 bits per heavy atom. The van der Waals surface area contributed by atoms with Crippen molar-refractivity contribution in [2.45, 2.75) is 19.8 Å². The molecule has 0 saturated heterocycles. The van der Waals surface area contributed by atoms with Crippen LogP contribution in [0.25, 0.3) is 0 Å². The maximum absolute atomic E-state index is 11.8. The van der Waals surface area contributed by atoms with Crippen molar-refractivity contribution in [3.05, 3.63) is 35.4 Å². The fourth-order valence-corrected chi connectivity index (χ4v) is 1.70. The molecule has 0 spiro atoms. The number of rotatable bonds is 5. The molecule has 5 heteroatoms. The van der Waals surface area contributed by atoms with E-state index in [9.17, 15) is 14.4 Å². The first-order chi connectivity index (χ1) is 10.0. The molecule has 0 aliphatic carbocycles. The average molecular weight is 287 g/mol. The zero-order valence-electron chi connectivity index (χ0n) is 12.1. The molecule has 0 aromatic heterocycles. The second kappa shape index (κ2) is 8.54. The molecule has 1 rings (SSSR count). The highest BCUT2D eigenvalue weighted by Gasteiger charge is 2.09. The lowest BCUT2D eigenvalue weighted by Crippen LogP contribution is -2.26. The Balaban J connectivity index is 2.46. The maximum Gasteiger partial charge on any atom is 0.384 e.